The molecule has 0 amide bonds. The van der Waals surface area contributed by atoms with Gasteiger partial charge in [0, 0.05) is 46.1 Å². The quantitative estimate of drug-likeness (QED) is 0.130. The van der Waals surface area contributed by atoms with Crippen molar-refractivity contribution in [3.05, 3.63) is 144 Å². The Morgan fingerprint density at radius 2 is 1.52 bits per heavy atom. The molecule has 3 heterocycles. The summed E-state index contributed by atoms with van der Waals surface area (Å²) >= 11 is 0. The van der Waals surface area contributed by atoms with Crippen LogP contribution < -0.4 is 0 Å². The Hall–Kier alpha value is -4.63. The van der Waals surface area contributed by atoms with E-state index >= 15 is 0 Å². The Labute approximate surface area is 292 Å². The monoisotopic (exact) mass is 781 g/mol. The molecule has 4 heteroatoms. The number of benzene rings is 5. The van der Waals surface area contributed by atoms with Crippen molar-refractivity contribution in [3.63, 3.8) is 0 Å². The molecule has 5 aromatic carbocycles. The molecule has 46 heavy (non-hydrogen) atoms. The fourth-order valence-corrected chi connectivity index (χ4v) is 5.60. The maximum Gasteiger partial charge on any atom is 0.121 e. The van der Waals surface area contributed by atoms with Crippen molar-refractivity contribution in [1.82, 2.24) is 9.97 Å². The first-order valence-corrected chi connectivity index (χ1v) is 14.8. The Kier molecular flexibility index (Phi) is 6.75. The van der Waals surface area contributed by atoms with Crippen LogP contribution in [0.15, 0.2) is 120 Å². The van der Waals surface area contributed by atoms with Crippen LogP contribution in [0.5, 0.6) is 0 Å². The number of pyridine rings is 2. The van der Waals surface area contributed by atoms with Gasteiger partial charge in [-0.15, -0.1) is 53.6 Å². The number of rotatable bonds is 2. The molecule has 0 fully saturated rings. The third kappa shape index (κ3) is 6.11. The number of furan rings is 1. The number of fused-ring (bicyclic) bond motifs is 6. The smallest absolute Gasteiger partial charge is 0.121 e. The summed E-state index contributed by atoms with van der Waals surface area (Å²) in [5.74, 6) is 0. The van der Waals surface area contributed by atoms with Crippen LogP contribution in [0.25, 0.3) is 66.0 Å². The second-order valence-electron chi connectivity index (χ2n) is 12.2. The zero-order valence-corrected chi connectivity index (χ0v) is 28.0. The van der Waals surface area contributed by atoms with E-state index in [0.29, 0.717) is 11.3 Å². The second kappa shape index (κ2) is 12.6. The fraction of sp³-hybridized carbons (Fsp3) is 0.143. The molecule has 229 valence electrons. The van der Waals surface area contributed by atoms with Crippen molar-refractivity contribution in [2.75, 3.05) is 0 Å². The standard InChI is InChI=1S/C29H22NO.C13H12N.Ir/c1-29(2,3)20-13-14-30-26(16-20)23-10-6-9-22-25-15-19-12-11-18-7-4-5-8-21(18)24(19)17-27(25)31-28(22)23;1-10-3-6-12(7-4-10)13-8-5-11(2)9-14-13;/h4-9,11-17H,1-3H3;3-6,8-9H,1-2H3;/q2*-1;/i;1D3,2D3;. The first-order chi connectivity index (χ1) is 24.2. The van der Waals surface area contributed by atoms with E-state index in [0.717, 1.165) is 33.2 Å². The minimum atomic E-state index is -2.18. The summed E-state index contributed by atoms with van der Waals surface area (Å²) in [6, 6.07) is 39.4. The Morgan fingerprint density at radius 3 is 2.28 bits per heavy atom. The molecule has 0 aliphatic carbocycles. The van der Waals surface area contributed by atoms with Gasteiger partial charge in [-0.1, -0.05) is 93.2 Å². The predicted molar refractivity (Wildman–Crippen MR) is 187 cm³/mol. The van der Waals surface area contributed by atoms with Crippen molar-refractivity contribution < 1.29 is 32.7 Å². The molecule has 0 unspecified atom stereocenters. The number of aryl methyl sites for hydroxylation is 2. The van der Waals surface area contributed by atoms with Gasteiger partial charge in [-0.25, -0.2) is 0 Å². The fourth-order valence-electron chi connectivity index (χ4n) is 5.60. The number of hydrogen-bond acceptors (Lipinski definition) is 3. The van der Waals surface area contributed by atoms with Gasteiger partial charge in [-0.2, -0.15) is 0 Å². The SMILES string of the molecule is CC(C)(C)c1ccnc(-c2[c-]ccc3c2oc2cc4c(ccc5ccccc54)cc23)c1.[2H]C([2H])([2H])c1c[c-]c(-c2ccc(C([2H])([2H])[2H])cn2)cc1.[Ir]. The minimum absolute atomic E-state index is 0. The van der Waals surface area contributed by atoms with Crippen LogP contribution in [0.2, 0.25) is 0 Å². The molecule has 0 atom stereocenters. The molecule has 0 N–H and O–H groups in total. The summed E-state index contributed by atoms with van der Waals surface area (Å²) < 4.78 is 50.1. The van der Waals surface area contributed by atoms with Crippen molar-refractivity contribution >= 4 is 43.5 Å². The van der Waals surface area contributed by atoms with Crippen molar-refractivity contribution in [3.8, 4) is 22.5 Å². The van der Waals surface area contributed by atoms with Crippen molar-refractivity contribution in [2.24, 2.45) is 0 Å². The molecule has 3 nitrogen and oxygen atoms in total. The van der Waals surface area contributed by atoms with E-state index in [9.17, 15) is 0 Å². The van der Waals surface area contributed by atoms with Gasteiger partial charge in [0.15, 0.2) is 0 Å². The molecule has 0 aliphatic rings. The number of aromatic nitrogens is 2. The van der Waals surface area contributed by atoms with E-state index in [4.69, 9.17) is 12.6 Å². The van der Waals surface area contributed by atoms with Gasteiger partial charge in [0.1, 0.15) is 5.58 Å². The van der Waals surface area contributed by atoms with Gasteiger partial charge in [-0.3, -0.25) is 0 Å². The summed E-state index contributed by atoms with van der Waals surface area (Å²) in [5.41, 5.74) is 6.39. The van der Waals surface area contributed by atoms with Gasteiger partial charge in [-0.05, 0) is 74.5 Å². The summed E-state index contributed by atoms with van der Waals surface area (Å²) in [6.07, 6.45) is 3.18. The van der Waals surface area contributed by atoms with E-state index in [1.807, 2.05) is 12.3 Å². The van der Waals surface area contributed by atoms with Crippen LogP contribution in [0.4, 0.5) is 0 Å². The predicted octanol–water partition coefficient (Wildman–Crippen LogP) is 11.2. The van der Waals surface area contributed by atoms with Gasteiger partial charge in [0.05, 0.1) is 5.58 Å². The first kappa shape index (κ1) is 24.6. The zero-order chi connectivity index (χ0) is 36.1. The Bertz CT molecular complexity index is 2480. The zero-order valence-electron chi connectivity index (χ0n) is 31.6. The van der Waals surface area contributed by atoms with Crippen molar-refractivity contribution in [1.29, 1.82) is 0 Å². The molecule has 0 saturated heterocycles. The molecular weight excluding hydrogens is 741 g/mol. The van der Waals surface area contributed by atoms with Crippen LogP contribution >= 0.6 is 0 Å². The Balaban J connectivity index is 0.000000193. The molecule has 8 aromatic rings. The molecule has 0 aliphatic heterocycles. The van der Waals surface area contributed by atoms with Gasteiger partial charge < -0.3 is 14.4 Å². The summed E-state index contributed by atoms with van der Waals surface area (Å²) in [5, 5.41) is 7.14. The topological polar surface area (TPSA) is 38.9 Å². The minimum Gasteiger partial charge on any atom is -0.501 e. The van der Waals surface area contributed by atoms with Gasteiger partial charge in [0.2, 0.25) is 0 Å². The molecule has 3 aromatic heterocycles. The molecule has 0 saturated carbocycles. The molecule has 1 radical (unpaired) electrons. The average Bonchev–Trinajstić information content (AvgIpc) is 3.48. The second-order valence-corrected chi connectivity index (χ2v) is 12.2. The summed E-state index contributed by atoms with van der Waals surface area (Å²) in [7, 11) is 0. The maximum atomic E-state index is 7.28. The van der Waals surface area contributed by atoms with Crippen LogP contribution in [-0.4, -0.2) is 9.97 Å². The normalized spacial score (nSPS) is 13.9. The Morgan fingerprint density at radius 1 is 0.696 bits per heavy atom. The number of hydrogen-bond donors (Lipinski definition) is 0. The first-order valence-electron chi connectivity index (χ1n) is 17.8. The maximum absolute atomic E-state index is 7.28. The summed E-state index contributed by atoms with van der Waals surface area (Å²) in [6.45, 7) is 2.31. The van der Waals surface area contributed by atoms with E-state index in [-0.39, 0.29) is 36.6 Å². The summed E-state index contributed by atoms with van der Waals surface area (Å²) in [4.78, 5) is 8.72. The van der Waals surface area contributed by atoms with E-state index in [2.05, 4.69) is 110 Å². The largest absolute Gasteiger partial charge is 0.501 e. The van der Waals surface area contributed by atoms with Crippen LogP contribution in [0.3, 0.4) is 0 Å². The van der Waals surface area contributed by atoms with Crippen LogP contribution in [0, 0.1) is 25.8 Å². The van der Waals surface area contributed by atoms with E-state index < -0.39 is 13.7 Å². The molecule has 0 bridgehead atoms. The molecule has 8 rings (SSSR count). The van der Waals surface area contributed by atoms with Gasteiger partial charge >= 0.3 is 0 Å². The van der Waals surface area contributed by atoms with Crippen molar-refractivity contribution in [2.45, 2.75) is 39.9 Å². The number of nitrogens with zero attached hydrogens (tertiary/aromatic N) is 2. The van der Waals surface area contributed by atoms with Crippen LogP contribution in [0.1, 0.15) is 45.7 Å². The molecular formula is C42H34IrN2O-2. The third-order valence-corrected chi connectivity index (χ3v) is 8.03. The van der Waals surface area contributed by atoms with E-state index in [1.165, 1.54) is 51.5 Å². The third-order valence-electron chi connectivity index (χ3n) is 8.03. The van der Waals surface area contributed by atoms with E-state index in [1.54, 1.807) is 12.1 Å². The average molecular weight is 781 g/mol. The van der Waals surface area contributed by atoms with Gasteiger partial charge in [0.25, 0.3) is 0 Å². The molecule has 0 spiro atoms. The van der Waals surface area contributed by atoms with Crippen LogP contribution in [-0.2, 0) is 25.5 Å².